The Labute approximate surface area is 361 Å². The first-order chi connectivity index (χ1) is 28.5. The van der Waals surface area contributed by atoms with Gasteiger partial charge in [0.05, 0.1) is 25.2 Å². The fraction of sp³-hybridized carbons (Fsp3) is 0.885. The third-order valence-electron chi connectivity index (χ3n) is 11.8. The van der Waals surface area contributed by atoms with Crippen LogP contribution in [0.3, 0.4) is 0 Å². The van der Waals surface area contributed by atoms with E-state index < -0.39 is 18.2 Å². The summed E-state index contributed by atoms with van der Waals surface area (Å²) < 4.78 is 5.92. The minimum absolute atomic E-state index is 0.0722. The minimum Gasteiger partial charge on any atom is -0.462 e. The van der Waals surface area contributed by atoms with Crippen molar-refractivity contribution in [3.8, 4) is 0 Å². The van der Waals surface area contributed by atoms with Gasteiger partial charge in [-0.25, -0.2) is 0 Å². The van der Waals surface area contributed by atoms with Gasteiger partial charge in [-0.1, -0.05) is 206 Å². The normalized spacial score (nSPS) is 13.4. The molecule has 0 heterocycles. The van der Waals surface area contributed by atoms with Gasteiger partial charge in [-0.2, -0.15) is 0 Å². The van der Waals surface area contributed by atoms with Crippen LogP contribution < -0.4 is 5.32 Å². The molecule has 0 aliphatic rings. The van der Waals surface area contributed by atoms with Crippen LogP contribution in [0.4, 0.5) is 0 Å². The molecule has 0 aliphatic carbocycles. The molecule has 0 saturated carbocycles. The highest BCUT2D eigenvalue weighted by molar-refractivity contribution is 5.77. The van der Waals surface area contributed by atoms with Crippen LogP contribution in [-0.4, -0.2) is 46.9 Å². The van der Waals surface area contributed by atoms with E-state index in [1.807, 2.05) is 0 Å². The first-order valence-corrected chi connectivity index (χ1v) is 25.6. The number of nitrogens with one attached hydrogen (secondary N) is 1. The van der Waals surface area contributed by atoms with E-state index in [9.17, 15) is 19.8 Å². The fourth-order valence-corrected chi connectivity index (χ4v) is 7.83. The zero-order valence-electron chi connectivity index (χ0n) is 38.9. The van der Waals surface area contributed by atoms with E-state index in [4.69, 9.17) is 4.74 Å². The average Bonchev–Trinajstić information content (AvgIpc) is 3.22. The lowest BCUT2D eigenvalue weighted by Gasteiger charge is -2.24. The minimum atomic E-state index is -0.786. The van der Waals surface area contributed by atoms with Gasteiger partial charge in [0.1, 0.15) is 6.10 Å². The Morgan fingerprint density at radius 2 is 0.828 bits per heavy atom. The molecular weight excluding hydrogens is 719 g/mol. The number of unbranched alkanes of at least 4 members (excludes halogenated alkanes) is 30. The predicted octanol–water partition coefficient (Wildman–Crippen LogP) is 15.1. The van der Waals surface area contributed by atoms with E-state index >= 15 is 0 Å². The highest BCUT2D eigenvalue weighted by atomic mass is 16.5. The van der Waals surface area contributed by atoms with Crippen molar-refractivity contribution >= 4 is 11.9 Å². The second-order valence-electron chi connectivity index (χ2n) is 17.6. The number of hydrogen-bond acceptors (Lipinski definition) is 5. The van der Waals surface area contributed by atoms with Crippen LogP contribution in [0.5, 0.6) is 0 Å². The SMILES string of the molecule is CCCCCCCC/C=C\CCCCCC(=O)OC(CCCCCCCCC/C=C/CCCCCCCC)CC(=O)NC(CO)C(O)CCCCCCCCCCC. The Balaban J connectivity index is 4.58. The maximum atomic E-state index is 13.2. The molecule has 6 heteroatoms. The molecule has 3 atom stereocenters. The van der Waals surface area contributed by atoms with Gasteiger partial charge in [-0.05, 0) is 77.0 Å². The van der Waals surface area contributed by atoms with Gasteiger partial charge in [0.15, 0.2) is 0 Å². The van der Waals surface area contributed by atoms with Gasteiger partial charge in [0.25, 0.3) is 0 Å². The van der Waals surface area contributed by atoms with Crippen LogP contribution in [0, 0.1) is 0 Å². The third-order valence-corrected chi connectivity index (χ3v) is 11.8. The van der Waals surface area contributed by atoms with Crippen molar-refractivity contribution in [3.05, 3.63) is 24.3 Å². The summed E-state index contributed by atoms with van der Waals surface area (Å²) in [5.74, 6) is -0.488. The summed E-state index contributed by atoms with van der Waals surface area (Å²) in [6.07, 6.45) is 52.4. The molecule has 0 aromatic rings. The molecule has 6 nitrogen and oxygen atoms in total. The van der Waals surface area contributed by atoms with E-state index in [1.54, 1.807) is 0 Å². The molecule has 0 fully saturated rings. The lowest BCUT2D eigenvalue weighted by Crippen LogP contribution is -2.46. The van der Waals surface area contributed by atoms with Crippen molar-refractivity contribution in [2.24, 2.45) is 0 Å². The molecule has 3 unspecified atom stereocenters. The van der Waals surface area contributed by atoms with Crippen LogP contribution in [0.15, 0.2) is 24.3 Å². The Morgan fingerprint density at radius 3 is 1.22 bits per heavy atom. The first-order valence-electron chi connectivity index (χ1n) is 25.6. The molecule has 3 N–H and O–H groups in total. The Kier molecular flexibility index (Phi) is 45.1. The largest absolute Gasteiger partial charge is 0.462 e. The first kappa shape index (κ1) is 56.3. The number of carbonyl (C=O) groups is 2. The van der Waals surface area contributed by atoms with Crippen LogP contribution in [-0.2, 0) is 14.3 Å². The van der Waals surface area contributed by atoms with E-state index in [2.05, 4.69) is 50.4 Å². The van der Waals surface area contributed by atoms with Crippen molar-refractivity contribution in [2.45, 2.75) is 289 Å². The Hall–Kier alpha value is -1.66. The standard InChI is InChI=1S/C52H99NO5/c1-4-7-10-13-16-19-21-23-24-25-26-28-29-32-34-37-40-43-48(58-52(57)45-42-39-36-33-30-27-22-20-17-14-11-8-5-2)46-51(56)53-49(47-54)50(55)44-41-38-35-31-18-15-12-9-6-3/h23-24,27,30,48-50,54-55H,4-22,25-26,28-29,31-47H2,1-3H3,(H,53,56)/b24-23+,30-27-. The summed E-state index contributed by atoms with van der Waals surface area (Å²) >= 11 is 0. The molecule has 0 aromatic heterocycles. The highest BCUT2D eigenvalue weighted by Crippen LogP contribution is 2.18. The maximum absolute atomic E-state index is 13.2. The lowest BCUT2D eigenvalue weighted by molar-refractivity contribution is -0.151. The third kappa shape index (κ3) is 41.1. The highest BCUT2D eigenvalue weighted by Gasteiger charge is 2.24. The molecule has 58 heavy (non-hydrogen) atoms. The van der Waals surface area contributed by atoms with Gasteiger partial charge < -0.3 is 20.3 Å². The second kappa shape index (κ2) is 46.4. The smallest absolute Gasteiger partial charge is 0.306 e. The number of ether oxygens (including phenoxy) is 1. The van der Waals surface area contributed by atoms with Gasteiger partial charge in [0.2, 0.25) is 5.91 Å². The molecule has 0 aromatic carbocycles. The van der Waals surface area contributed by atoms with E-state index in [0.29, 0.717) is 19.3 Å². The molecular formula is C52H99NO5. The van der Waals surface area contributed by atoms with Gasteiger partial charge in [-0.3, -0.25) is 9.59 Å². The van der Waals surface area contributed by atoms with Crippen LogP contribution in [0.25, 0.3) is 0 Å². The van der Waals surface area contributed by atoms with E-state index in [-0.39, 0.29) is 24.9 Å². The summed E-state index contributed by atoms with van der Waals surface area (Å²) in [6, 6.07) is -0.700. The molecule has 342 valence electrons. The summed E-state index contributed by atoms with van der Waals surface area (Å²) in [6.45, 7) is 6.46. The number of esters is 1. The van der Waals surface area contributed by atoms with Gasteiger partial charge in [-0.15, -0.1) is 0 Å². The molecule has 0 aliphatic heterocycles. The van der Waals surface area contributed by atoms with Gasteiger partial charge in [0, 0.05) is 6.42 Å². The molecule has 0 radical (unpaired) electrons. The number of carbonyl (C=O) groups excluding carboxylic acids is 2. The number of allylic oxidation sites excluding steroid dienone is 4. The summed E-state index contributed by atoms with van der Waals surface area (Å²) in [5, 5.41) is 23.7. The number of aliphatic hydroxyl groups is 2. The van der Waals surface area contributed by atoms with Crippen molar-refractivity contribution in [2.75, 3.05) is 6.61 Å². The number of hydrogen-bond donors (Lipinski definition) is 3. The Bertz CT molecular complexity index is 919. The van der Waals surface area contributed by atoms with Crippen molar-refractivity contribution in [1.29, 1.82) is 0 Å². The Morgan fingerprint density at radius 1 is 0.483 bits per heavy atom. The van der Waals surface area contributed by atoms with Crippen LogP contribution in [0.2, 0.25) is 0 Å². The second-order valence-corrected chi connectivity index (χ2v) is 17.6. The summed E-state index contributed by atoms with van der Waals surface area (Å²) in [4.78, 5) is 26.1. The molecule has 1 amide bonds. The monoisotopic (exact) mass is 818 g/mol. The maximum Gasteiger partial charge on any atom is 0.306 e. The molecule has 0 rings (SSSR count). The molecule has 0 saturated heterocycles. The lowest BCUT2D eigenvalue weighted by atomic mass is 10.0. The molecule has 0 spiro atoms. The average molecular weight is 818 g/mol. The van der Waals surface area contributed by atoms with Crippen LogP contribution >= 0.6 is 0 Å². The van der Waals surface area contributed by atoms with Crippen LogP contribution in [0.1, 0.15) is 271 Å². The topological polar surface area (TPSA) is 95.9 Å². The van der Waals surface area contributed by atoms with E-state index in [0.717, 1.165) is 64.2 Å². The fourth-order valence-electron chi connectivity index (χ4n) is 7.83. The summed E-state index contributed by atoms with van der Waals surface area (Å²) in [7, 11) is 0. The van der Waals surface area contributed by atoms with Gasteiger partial charge >= 0.3 is 5.97 Å². The number of amides is 1. The molecule has 0 bridgehead atoms. The van der Waals surface area contributed by atoms with E-state index in [1.165, 1.54) is 161 Å². The van der Waals surface area contributed by atoms with Crippen molar-refractivity contribution < 1.29 is 24.5 Å². The number of aliphatic hydroxyl groups excluding tert-OH is 2. The zero-order chi connectivity index (χ0) is 42.4. The summed E-state index contributed by atoms with van der Waals surface area (Å²) in [5.41, 5.74) is 0. The van der Waals surface area contributed by atoms with Crippen molar-refractivity contribution in [3.63, 3.8) is 0 Å². The predicted molar refractivity (Wildman–Crippen MR) is 250 cm³/mol. The van der Waals surface area contributed by atoms with Crippen molar-refractivity contribution in [1.82, 2.24) is 5.32 Å². The quantitative estimate of drug-likeness (QED) is 0.0323. The zero-order valence-corrected chi connectivity index (χ0v) is 38.9. The number of rotatable bonds is 46.